The van der Waals surface area contributed by atoms with E-state index >= 15 is 0 Å². The summed E-state index contributed by atoms with van der Waals surface area (Å²) in [4.78, 5) is 0. The lowest BCUT2D eigenvalue weighted by molar-refractivity contribution is 0.391. The number of hydrogen-bond acceptors (Lipinski definition) is 5. The zero-order chi connectivity index (χ0) is 17.4. The van der Waals surface area contributed by atoms with E-state index in [2.05, 4.69) is 44.1 Å². The molecule has 0 bridgehead atoms. The van der Waals surface area contributed by atoms with Gasteiger partial charge in [0, 0.05) is 19.3 Å². The summed E-state index contributed by atoms with van der Waals surface area (Å²) in [5, 5.41) is 20.3. The van der Waals surface area contributed by atoms with Gasteiger partial charge in [0.2, 0.25) is 0 Å². The molecule has 0 unspecified atom stereocenters. The molecule has 7 heteroatoms. The van der Waals surface area contributed by atoms with Crippen LogP contribution in [0, 0.1) is 0 Å². The third kappa shape index (κ3) is 2.57. The van der Waals surface area contributed by atoms with Gasteiger partial charge in [0.1, 0.15) is 5.52 Å². The summed E-state index contributed by atoms with van der Waals surface area (Å²) in [6.07, 6.45) is 5.97. The molecule has 0 amide bonds. The molecule has 130 valence electrons. The van der Waals surface area contributed by atoms with Gasteiger partial charge in [-0.3, -0.25) is 0 Å². The number of rotatable bonds is 6. The molecule has 2 heterocycles. The summed E-state index contributed by atoms with van der Waals surface area (Å²) in [6.45, 7) is 1.64. The van der Waals surface area contributed by atoms with E-state index in [1.54, 1.807) is 6.20 Å². The standard InChI is InChI=1S/C19H19N7/c1-3-7-17(26-18-8-4-2-6-16(18)22-24-26)15(5-1)13-20-14-19(9-10-19)25-12-11-21-23-25/h1-8,11-12,20H,9-10,13-14H2. The summed E-state index contributed by atoms with van der Waals surface area (Å²) in [5.74, 6) is 0. The number of para-hydroxylation sites is 2. The van der Waals surface area contributed by atoms with Gasteiger partial charge in [0.25, 0.3) is 0 Å². The summed E-state index contributed by atoms with van der Waals surface area (Å²) in [6, 6.07) is 16.3. The van der Waals surface area contributed by atoms with Crippen LogP contribution in [0.4, 0.5) is 0 Å². The number of nitrogens with zero attached hydrogens (tertiary/aromatic N) is 6. The normalized spacial score (nSPS) is 15.4. The molecule has 0 spiro atoms. The average molecular weight is 345 g/mol. The largest absolute Gasteiger partial charge is 0.310 e. The average Bonchev–Trinajstić information content (AvgIpc) is 3.11. The van der Waals surface area contributed by atoms with E-state index in [4.69, 9.17) is 0 Å². The smallest absolute Gasteiger partial charge is 0.113 e. The van der Waals surface area contributed by atoms with E-state index in [1.807, 2.05) is 45.9 Å². The quantitative estimate of drug-likeness (QED) is 0.580. The molecule has 2 aromatic carbocycles. The van der Waals surface area contributed by atoms with Gasteiger partial charge in [0.15, 0.2) is 0 Å². The molecule has 7 nitrogen and oxygen atoms in total. The Hall–Kier alpha value is -3.06. The molecule has 1 aliphatic carbocycles. The topological polar surface area (TPSA) is 73.5 Å². The van der Waals surface area contributed by atoms with Crippen LogP contribution in [0.2, 0.25) is 0 Å². The van der Waals surface area contributed by atoms with Crippen molar-refractivity contribution in [1.29, 1.82) is 0 Å². The maximum absolute atomic E-state index is 4.35. The third-order valence-corrected chi connectivity index (χ3v) is 5.08. The second kappa shape index (κ2) is 6.03. The highest BCUT2D eigenvalue weighted by molar-refractivity contribution is 5.76. The Morgan fingerprint density at radius 1 is 1.00 bits per heavy atom. The van der Waals surface area contributed by atoms with E-state index in [-0.39, 0.29) is 5.54 Å². The van der Waals surface area contributed by atoms with E-state index in [1.165, 1.54) is 5.56 Å². The molecule has 1 fully saturated rings. The first-order chi connectivity index (χ1) is 12.9. The fourth-order valence-corrected chi connectivity index (χ4v) is 3.44. The zero-order valence-corrected chi connectivity index (χ0v) is 14.3. The monoisotopic (exact) mass is 345 g/mol. The Balaban J connectivity index is 1.38. The van der Waals surface area contributed by atoms with E-state index in [0.29, 0.717) is 0 Å². The summed E-state index contributed by atoms with van der Waals surface area (Å²) < 4.78 is 3.90. The third-order valence-electron chi connectivity index (χ3n) is 5.08. The van der Waals surface area contributed by atoms with Gasteiger partial charge in [-0.05, 0) is 36.6 Å². The lowest BCUT2D eigenvalue weighted by atomic mass is 10.1. The van der Waals surface area contributed by atoms with Crippen molar-refractivity contribution in [3.8, 4) is 5.69 Å². The van der Waals surface area contributed by atoms with Crippen molar-refractivity contribution in [2.45, 2.75) is 24.9 Å². The highest BCUT2D eigenvalue weighted by atomic mass is 15.5. The Kier molecular flexibility index (Phi) is 3.53. The number of fused-ring (bicyclic) bond motifs is 1. The first-order valence-corrected chi connectivity index (χ1v) is 8.82. The second-order valence-corrected chi connectivity index (χ2v) is 6.79. The number of aromatic nitrogens is 6. The fraction of sp³-hybridized carbons (Fsp3) is 0.263. The molecular formula is C19H19N7. The highest BCUT2D eigenvalue weighted by Gasteiger charge is 2.45. The highest BCUT2D eigenvalue weighted by Crippen LogP contribution is 2.42. The molecule has 0 aliphatic heterocycles. The van der Waals surface area contributed by atoms with Gasteiger partial charge in [-0.25, -0.2) is 9.36 Å². The van der Waals surface area contributed by atoms with Gasteiger partial charge in [-0.15, -0.1) is 10.2 Å². The van der Waals surface area contributed by atoms with Crippen LogP contribution in [-0.4, -0.2) is 36.5 Å². The Morgan fingerprint density at radius 3 is 2.69 bits per heavy atom. The van der Waals surface area contributed by atoms with Crippen LogP contribution in [0.25, 0.3) is 16.7 Å². The Bertz CT molecular complexity index is 1030. The van der Waals surface area contributed by atoms with Crippen molar-refractivity contribution >= 4 is 11.0 Å². The van der Waals surface area contributed by atoms with E-state index in [0.717, 1.165) is 42.7 Å². The summed E-state index contributed by atoms with van der Waals surface area (Å²) in [7, 11) is 0. The maximum Gasteiger partial charge on any atom is 0.113 e. The van der Waals surface area contributed by atoms with Crippen LogP contribution in [0.5, 0.6) is 0 Å². The van der Waals surface area contributed by atoms with Crippen molar-refractivity contribution in [1.82, 2.24) is 35.3 Å². The van der Waals surface area contributed by atoms with Crippen molar-refractivity contribution in [2.75, 3.05) is 6.54 Å². The number of benzene rings is 2. The van der Waals surface area contributed by atoms with Crippen LogP contribution >= 0.6 is 0 Å². The van der Waals surface area contributed by atoms with Crippen LogP contribution in [0.1, 0.15) is 18.4 Å². The molecule has 1 N–H and O–H groups in total. The van der Waals surface area contributed by atoms with E-state index < -0.39 is 0 Å². The second-order valence-electron chi connectivity index (χ2n) is 6.79. The van der Waals surface area contributed by atoms with Crippen LogP contribution in [-0.2, 0) is 12.1 Å². The SMILES string of the molecule is c1ccc(-n2nnc3ccccc32)c(CNCC2(n3ccnn3)CC2)c1. The van der Waals surface area contributed by atoms with E-state index in [9.17, 15) is 0 Å². The van der Waals surface area contributed by atoms with Crippen molar-refractivity contribution in [3.63, 3.8) is 0 Å². The molecule has 5 rings (SSSR count). The Morgan fingerprint density at radius 2 is 1.85 bits per heavy atom. The first kappa shape index (κ1) is 15.2. The van der Waals surface area contributed by atoms with Gasteiger partial charge in [-0.1, -0.05) is 40.8 Å². The molecule has 4 aromatic rings. The number of nitrogens with one attached hydrogen (secondary N) is 1. The molecular weight excluding hydrogens is 326 g/mol. The summed E-state index contributed by atoms with van der Waals surface area (Å²) in [5.41, 5.74) is 4.25. The number of hydrogen-bond donors (Lipinski definition) is 1. The predicted octanol–water partition coefficient (Wildman–Crippen LogP) is 2.29. The molecule has 1 aliphatic rings. The molecule has 0 saturated heterocycles. The molecule has 26 heavy (non-hydrogen) atoms. The fourth-order valence-electron chi connectivity index (χ4n) is 3.44. The van der Waals surface area contributed by atoms with Gasteiger partial charge >= 0.3 is 0 Å². The predicted molar refractivity (Wildman–Crippen MR) is 97.8 cm³/mol. The van der Waals surface area contributed by atoms with Gasteiger partial charge in [0.05, 0.1) is 22.9 Å². The van der Waals surface area contributed by atoms with Gasteiger partial charge < -0.3 is 5.32 Å². The molecule has 0 radical (unpaired) electrons. The van der Waals surface area contributed by atoms with Crippen molar-refractivity contribution < 1.29 is 0 Å². The zero-order valence-electron chi connectivity index (χ0n) is 14.3. The molecule has 2 aromatic heterocycles. The lowest BCUT2D eigenvalue weighted by Crippen LogP contribution is -2.32. The van der Waals surface area contributed by atoms with Crippen LogP contribution in [0.15, 0.2) is 60.9 Å². The minimum absolute atomic E-state index is 0.0887. The molecule has 1 saturated carbocycles. The lowest BCUT2D eigenvalue weighted by Gasteiger charge is -2.17. The Labute approximate surface area is 150 Å². The van der Waals surface area contributed by atoms with Crippen molar-refractivity contribution in [3.05, 3.63) is 66.5 Å². The first-order valence-electron chi connectivity index (χ1n) is 8.82. The summed E-state index contributed by atoms with van der Waals surface area (Å²) >= 11 is 0. The minimum atomic E-state index is 0.0887. The molecule has 0 atom stereocenters. The van der Waals surface area contributed by atoms with Crippen LogP contribution in [0.3, 0.4) is 0 Å². The minimum Gasteiger partial charge on any atom is -0.310 e. The van der Waals surface area contributed by atoms with Crippen molar-refractivity contribution in [2.24, 2.45) is 0 Å². The van der Waals surface area contributed by atoms with Crippen LogP contribution < -0.4 is 5.32 Å². The maximum atomic E-state index is 4.35. The van der Waals surface area contributed by atoms with Gasteiger partial charge in [-0.2, -0.15) is 0 Å².